The van der Waals surface area contributed by atoms with E-state index in [0.717, 1.165) is 19.8 Å². The monoisotopic (exact) mass is 422 g/mol. The van der Waals surface area contributed by atoms with E-state index in [9.17, 15) is 0 Å². The van der Waals surface area contributed by atoms with Crippen molar-refractivity contribution in [3.63, 3.8) is 0 Å². The van der Waals surface area contributed by atoms with Crippen LogP contribution in [0.15, 0.2) is 121 Å². The van der Waals surface area contributed by atoms with Crippen molar-refractivity contribution in [1.29, 1.82) is 0 Å². The molecule has 0 saturated heterocycles. The zero-order valence-corrected chi connectivity index (χ0v) is 19.7. The Hall–Kier alpha value is -3.10. The first kappa shape index (κ1) is 23.6. The van der Waals surface area contributed by atoms with Gasteiger partial charge in [0.05, 0.1) is 0 Å². The molecule has 0 aromatic heterocycles. The zero-order chi connectivity index (χ0) is 22.7. The highest BCUT2D eigenvalue weighted by atomic mass is 16.7. The largest absolute Gasteiger partial charge is 0.422 e. The SMILES string of the molecule is CC[O+](CC)CC.c1ccc([B-](c2ccccc2)(c2ccccc2)c2ccccc2)cc1. The Morgan fingerprint density at radius 1 is 0.406 bits per heavy atom. The Kier molecular flexibility index (Phi) is 8.89. The number of benzene rings is 4. The van der Waals surface area contributed by atoms with E-state index in [1.165, 1.54) is 21.9 Å². The quantitative estimate of drug-likeness (QED) is 0.301. The van der Waals surface area contributed by atoms with Gasteiger partial charge in [0.15, 0.2) is 0 Å². The smallest absolute Gasteiger partial charge is 0.142 e. The van der Waals surface area contributed by atoms with E-state index in [1.54, 1.807) is 0 Å². The van der Waals surface area contributed by atoms with Gasteiger partial charge in [-0.1, -0.05) is 121 Å². The lowest BCUT2D eigenvalue weighted by molar-refractivity contribution is -0.119. The first-order chi connectivity index (χ1) is 15.8. The molecule has 32 heavy (non-hydrogen) atoms. The lowest BCUT2D eigenvalue weighted by Crippen LogP contribution is -2.74. The third-order valence-corrected chi connectivity index (χ3v) is 6.42. The first-order valence-electron chi connectivity index (χ1n) is 11.8. The second kappa shape index (κ2) is 12.1. The highest BCUT2D eigenvalue weighted by Crippen LogP contribution is 2.09. The molecule has 4 rings (SSSR count). The second-order valence-corrected chi connectivity index (χ2v) is 7.99. The molecule has 0 heterocycles. The molecule has 0 aliphatic carbocycles. The van der Waals surface area contributed by atoms with E-state index >= 15 is 0 Å². The van der Waals surface area contributed by atoms with E-state index in [0.29, 0.717) is 0 Å². The fourth-order valence-corrected chi connectivity index (χ4v) is 4.73. The van der Waals surface area contributed by atoms with E-state index < -0.39 is 6.15 Å². The van der Waals surface area contributed by atoms with Gasteiger partial charge in [0.25, 0.3) is 0 Å². The van der Waals surface area contributed by atoms with Gasteiger partial charge in [-0.3, -0.25) is 0 Å². The summed E-state index contributed by atoms with van der Waals surface area (Å²) in [6.07, 6.45) is -1.22. The van der Waals surface area contributed by atoms with E-state index in [-0.39, 0.29) is 0 Å². The molecule has 0 N–H and O–H groups in total. The second-order valence-electron chi connectivity index (χ2n) is 7.99. The predicted octanol–water partition coefficient (Wildman–Crippen LogP) is 4.66. The summed E-state index contributed by atoms with van der Waals surface area (Å²) in [5.74, 6) is 0. The van der Waals surface area contributed by atoms with Crippen LogP contribution in [0.25, 0.3) is 0 Å². The molecule has 4 aromatic rings. The van der Waals surface area contributed by atoms with Crippen molar-refractivity contribution in [2.24, 2.45) is 0 Å². The molecule has 0 radical (unpaired) electrons. The van der Waals surface area contributed by atoms with Crippen LogP contribution >= 0.6 is 0 Å². The third-order valence-electron chi connectivity index (χ3n) is 6.42. The highest BCUT2D eigenvalue weighted by molar-refractivity contribution is 7.19. The average Bonchev–Trinajstić information content (AvgIpc) is 2.89. The van der Waals surface area contributed by atoms with Gasteiger partial charge in [-0.25, -0.2) is 0 Å². The Labute approximate surface area is 194 Å². The molecule has 0 fully saturated rings. The predicted molar refractivity (Wildman–Crippen MR) is 143 cm³/mol. The van der Waals surface area contributed by atoms with Crippen LogP contribution in [0, 0.1) is 0 Å². The number of hydrogen-bond acceptors (Lipinski definition) is 0. The molecule has 0 bridgehead atoms. The topological polar surface area (TPSA) is 2.70 Å². The summed E-state index contributed by atoms with van der Waals surface area (Å²) in [7, 11) is 0. The van der Waals surface area contributed by atoms with Crippen molar-refractivity contribution in [2.45, 2.75) is 20.8 Å². The van der Waals surface area contributed by atoms with Crippen LogP contribution in [0.2, 0.25) is 0 Å². The fourth-order valence-electron chi connectivity index (χ4n) is 4.73. The van der Waals surface area contributed by atoms with Gasteiger partial charge in [-0.05, 0) is 0 Å². The highest BCUT2D eigenvalue weighted by Gasteiger charge is 2.30. The Balaban J connectivity index is 0.000000360. The first-order valence-corrected chi connectivity index (χ1v) is 11.8. The molecule has 0 aliphatic rings. The maximum absolute atomic E-state index is 3.07. The molecule has 4 aromatic carbocycles. The molecule has 164 valence electrons. The molecule has 0 atom stereocenters. The molecular formula is C30H35BO. The van der Waals surface area contributed by atoms with Crippen LogP contribution in [-0.4, -0.2) is 26.0 Å². The van der Waals surface area contributed by atoms with Crippen molar-refractivity contribution in [2.75, 3.05) is 19.8 Å². The van der Waals surface area contributed by atoms with Crippen molar-refractivity contribution < 1.29 is 4.37 Å². The minimum Gasteiger partial charge on any atom is -0.422 e. The lowest BCUT2D eigenvalue weighted by atomic mass is 9.13. The normalized spacial score (nSPS) is 11.0. The maximum atomic E-state index is 3.07. The molecule has 0 aliphatic heterocycles. The maximum Gasteiger partial charge on any atom is 0.142 e. The molecule has 2 heteroatoms. The molecular weight excluding hydrogens is 387 g/mol. The van der Waals surface area contributed by atoms with E-state index in [1.807, 2.05) is 0 Å². The zero-order valence-electron chi connectivity index (χ0n) is 19.7. The minimum atomic E-state index is -1.22. The van der Waals surface area contributed by atoms with Gasteiger partial charge < -0.3 is 4.37 Å². The molecule has 0 amide bonds. The van der Waals surface area contributed by atoms with Gasteiger partial charge in [-0.2, -0.15) is 21.9 Å². The van der Waals surface area contributed by atoms with Gasteiger partial charge in [0, 0.05) is 20.8 Å². The van der Waals surface area contributed by atoms with Crippen LogP contribution in [-0.2, 0) is 4.37 Å². The number of hydrogen-bond donors (Lipinski definition) is 0. The van der Waals surface area contributed by atoms with Crippen molar-refractivity contribution in [1.82, 2.24) is 0 Å². The van der Waals surface area contributed by atoms with Crippen LogP contribution in [0.1, 0.15) is 20.8 Å². The Bertz CT molecular complexity index is 844. The van der Waals surface area contributed by atoms with Gasteiger partial charge in [-0.15, -0.1) is 0 Å². The molecule has 1 nitrogen and oxygen atoms in total. The average molecular weight is 422 g/mol. The van der Waals surface area contributed by atoms with Gasteiger partial charge >= 0.3 is 0 Å². The Morgan fingerprint density at radius 3 is 0.781 bits per heavy atom. The van der Waals surface area contributed by atoms with Crippen LogP contribution < -0.4 is 21.9 Å². The summed E-state index contributed by atoms with van der Waals surface area (Å²) in [6, 6.07) is 43.5. The van der Waals surface area contributed by atoms with Crippen LogP contribution in [0.4, 0.5) is 0 Å². The van der Waals surface area contributed by atoms with Crippen LogP contribution in [0.5, 0.6) is 0 Å². The van der Waals surface area contributed by atoms with E-state index in [2.05, 4.69) is 146 Å². The summed E-state index contributed by atoms with van der Waals surface area (Å²) < 4.78 is 3.07. The van der Waals surface area contributed by atoms with Crippen molar-refractivity contribution >= 4 is 28.0 Å². The summed E-state index contributed by atoms with van der Waals surface area (Å²) in [4.78, 5) is 0. The van der Waals surface area contributed by atoms with Crippen LogP contribution in [0.3, 0.4) is 0 Å². The minimum absolute atomic E-state index is 1.10. The fraction of sp³-hybridized carbons (Fsp3) is 0.200. The van der Waals surface area contributed by atoms with E-state index in [4.69, 9.17) is 0 Å². The third kappa shape index (κ3) is 5.20. The summed E-state index contributed by atoms with van der Waals surface area (Å²) >= 11 is 0. The molecule has 0 saturated carbocycles. The van der Waals surface area contributed by atoms with Crippen molar-refractivity contribution in [3.8, 4) is 0 Å². The summed E-state index contributed by atoms with van der Waals surface area (Å²) in [6.45, 7) is 9.76. The summed E-state index contributed by atoms with van der Waals surface area (Å²) in [5.41, 5.74) is 5.36. The van der Waals surface area contributed by atoms with Gasteiger partial charge in [0.2, 0.25) is 0 Å². The molecule has 0 unspecified atom stereocenters. The van der Waals surface area contributed by atoms with Crippen molar-refractivity contribution in [3.05, 3.63) is 121 Å². The van der Waals surface area contributed by atoms with Gasteiger partial charge in [0.1, 0.15) is 26.0 Å². The lowest BCUT2D eigenvalue weighted by Gasteiger charge is -2.44. The number of rotatable bonds is 7. The molecule has 0 spiro atoms. The Morgan fingerprint density at radius 2 is 0.625 bits per heavy atom. The summed E-state index contributed by atoms with van der Waals surface area (Å²) in [5, 5.41) is 0. The standard InChI is InChI=1S/C24H20B.C6H15O/c1-5-13-21(14-6-1)25(22-15-7-2-8-16-22,23-17-9-3-10-18-23)24-19-11-4-12-20-24;1-4-7(5-2)6-3/h1-20H;4-6H2,1-3H3/q-1;+1.